The van der Waals surface area contributed by atoms with Gasteiger partial charge in [-0.25, -0.2) is 18.8 Å². The first-order valence-electron chi connectivity index (χ1n) is 10.1. The van der Waals surface area contributed by atoms with Gasteiger partial charge in [0.05, 0.1) is 19.3 Å². The average Bonchev–Trinajstić information content (AvgIpc) is 3.34. The van der Waals surface area contributed by atoms with Crippen LogP contribution in [0.4, 0.5) is 10.5 Å². The fraction of sp³-hybridized carbons (Fsp3) is 0.500. The van der Waals surface area contributed by atoms with Crippen LogP contribution in [0.3, 0.4) is 0 Å². The van der Waals surface area contributed by atoms with Gasteiger partial charge in [-0.3, -0.25) is 0 Å². The van der Waals surface area contributed by atoms with Crippen LogP contribution in [-0.2, 0) is 35.7 Å². The van der Waals surface area contributed by atoms with Crippen molar-refractivity contribution in [1.29, 1.82) is 0 Å². The van der Waals surface area contributed by atoms with E-state index in [0.29, 0.717) is 12.5 Å². The average molecular weight is 432 g/mol. The predicted molar refractivity (Wildman–Crippen MR) is 111 cm³/mol. The van der Waals surface area contributed by atoms with Crippen molar-refractivity contribution >= 4 is 21.6 Å². The number of nitrogens with two attached hydrogens (primary N) is 1. The number of rotatable bonds is 3. The Morgan fingerprint density at radius 3 is 3.03 bits per heavy atom. The molecule has 2 aromatic rings. The Morgan fingerprint density at radius 2 is 2.30 bits per heavy atom. The topological polar surface area (TPSA) is 132 Å². The first kappa shape index (κ1) is 19.5. The third-order valence-electron chi connectivity index (χ3n) is 6.23. The number of urea groups is 1. The molecule has 3 aliphatic rings. The van der Waals surface area contributed by atoms with Crippen LogP contribution in [0.2, 0.25) is 0 Å². The van der Waals surface area contributed by atoms with Crippen molar-refractivity contribution in [3.63, 3.8) is 0 Å². The molecule has 3 atom stereocenters. The smallest absolute Gasteiger partial charge is 0.354 e. The highest BCUT2D eigenvalue weighted by Crippen LogP contribution is 2.45. The second-order valence-electron chi connectivity index (χ2n) is 8.69. The van der Waals surface area contributed by atoms with E-state index in [9.17, 15) is 14.1 Å². The second kappa shape index (κ2) is 6.53. The van der Waals surface area contributed by atoms with Crippen LogP contribution in [0.15, 0.2) is 21.5 Å². The van der Waals surface area contributed by atoms with Crippen molar-refractivity contribution in [2.24, 2.45) is 9.50 Å². The Hall–Kier alpha value is -2.43. The standard InChI is InChI=1S/C20H25N5O4S/c1-11-6-13-7-12-4-3-5-14(12)17(16(11)13)23-19(27)24-30(21,28)15-8-22-25-9-20(2,10-26)29-18(15)25/h7-8,11,26H,3-6,9-10H2,1-2H3,(H3,21,23,24,27,28)/t11-,20+,30?/m1/s1. The summed E-state index contributed by atoms with van der Waals surface area (Å²) in [6.45, 7) is 3.90. The van der Waals surface area contributed by atoms with Gasteiger partial charge in [0.15, 0.2) is 15.5 Å². The number of nitrogens with zero attached hydrogens (tertiary/aromatic N) is 3. The maximum Gasteiger partial charge on any atom is 0.354 e. The molecule has 0 fully saturated rings. The van der Waals surface area contributed by atoms with E-state index in [2.05, 4.69) is 27.8 Å². The minimum Gasteiger partial charge on any atom is -0.466 e. The van der Waals surface area contributed by atoms with Gasteiger partial charge in [-0.05, 0) is 60.8 Å². The summed E-state index contributed by atoms with van der Waals surface area (Å²) in [6, 6.07) is 1.51. The molecule has 5 rings (SSSR count). The molecule has 30 heavy (non-hydrogen) atoms. The number of carbonyl (C=O) groups is 1. The van der Waals surface area contributed by atoms with Gasteiger partial charge in [-0.2, -0.15) is 5.10 Å². The molecular weight excluding hydrogens is 406 g/mol. The molecule has 0 spiro atoms. The number of hydrogen-bond acceptors (Lipinski definition) is 5. The van der Waals surface area contributed by atoms with Gasteiger partial charge in [0.2, 0.25) is 5.88 Å². The highest BCUT2D eigenvalue weighted by Gasteiger charge is 2.39. The van der Waals surface area contributed by atoms with Crippen LogP contribution in [-0.4, -0.2) is 37.3 Å². The lowest BCUT2D eigenvalue weighted by Gasteiger charge is -2.31. The van der Waals surface area contributed by atoms with Gasteiger partial charge in [0, 0.05) is 5.69 Å². The van der Waals surface area contributed by atoms with Crippen LogP contribution in [0.25, 0.3) is 0 Å². The van der Waals surface area contributed by atoms with E-state index in [1.165, 1.54) is 22.0 Å². The van der Waals surface area contributed by atoms with Crippen molar-refractivity contribution in [3.8, 4) is 5.88 Å². The number of aryl methyl sites for hydroxylation is 1. The summed E-state index contributed by atoms with van der Waals surface area (Å²) in [5, 5.41) is 22.5. The summed E-state index contributed by atoms with van der Waals surface area (Å²) >= 11 is 0. The third kappa shape index (κ3) is 2.93. The number of aliphatic hydroxyl groups excluding tert-OH is 1. The summed E-state index contributed by atoms with van der Waals surface area (Å²) in [7, 11) is -3.58. The lowest BCUT2D eigenvalue weighted by molar-refractivity contribution is 0.0399. The summed E-state index contributed by atoms with van der Waals surface area (Å²) in [4.78, 5) is 12.8. The van der Waals surface area contributed by atoms with E-state index in [-0.39, 0.29) is 17.4 Å². The molecule has 0 saturated heterocycles. The molecule has 10 heteroatoms. The molecule has 1 aromatic carbocycles. The third-order valence-corrected chi connectivity index (χ3v) is 7.58. The van der Waals surface area contributed by atoms with E-state index >= 15 is 0 Å². The van der Waals surface area contributed by atoms with Gasteiger partial charge in [-0.15, -0.1) is 4.36 Å². The molecule has 2 heterocycles. The van der Waals surface area contributed by atoms with Crippen LogP contribution >= 0.6 is 0 Å². The summed E-state index contributed by atoms with van der Waals surface area (Å²) in [5.41, 5.74) is 4.77. The predicted octanol–water partition coefficient (Wildman–Crippen LogP) is 2.11. The monoisotopic (exact) mass is 431 g/mol. The minimum absolute atomic E-state index is 0.0505. The van der Waals surface area contributed by atoms with E-state index in [4.69, 9.17) is 9.88 Å². The summed E-state index contributed by atoms with van der Waals surface area (Å²) in [5.74, 6) is 0.542. The van der Waals surface area contributed by atoms with Crippen molar-refractivity contribution < 1.29 is 18.8 Å². The fourth-order valence-corrected chi connectivity index (χ4v) is 5.72. The Bertz CT molecular complexity index is 1190. The highest BCUT2D eigenvalue weighted by molar-refractivity contribution is 7.91. The van der Waals surface area contributed by atoms with E-state index in [1.54, 1.807) is 6.92 Å². The minimum atomic E-state index is -3.58. The molecule has 1 aromatic heterocycles. The number of ether oxygens (including phenoxy) is 1. The van der Waals surface area contributed by atoms with Crippen LogP contribution in [0.1, 0.15) is 48.4 Å². The number of hydrogen-bond donors (Lipinski definition) is 3. The first-order valence-corrected chi connectivity index (χ1v) is 11.7. The molecule has 160 valence electrons. The van der Waals surface area contributed by atoms with Crippen LogP contribution in [0, 0.1) is 0 Å². The molecule has 0 radical (unpaired) electrons. The lowest BCUT2D eigenvalue weighted by atomic mass is 9.75. The maximum absolute atomic E-state index is 13.1. The number of nitrogens with one attached hydrogen (secondary N) is 1. The van der Waals surface area contributed by atoms with Crippen LogP contribution in [0.5, 0.6) is 5.88 Å². The Morgan fingerprint density at radius 1 is 1.50 bits per heavy atom. The van der Waals surface area contributed by atoms with Gasteiger partial charge < -0.3 is 15.2 Å². The molecule has 4 N–H and O–H groups in total. The van der Waals surface area contributed by atoms with Crippen molar-refractivity contribution in [3.05, 3.63) is 34.5 Å². The molecule has 0 saturated carbocycles. The molecule has 2 amide bonds. The van der Waals surface area contributed by atoms with Gasteiger partial charge in [0.1, 0.15) is 4.90 Å². The Labute approximate surface area is 174 Å². The summed E-state index contributed by atoms with van der Waals surface area (Å²) in [6.07, 6.45) is 5.28. The quantitative estimate of drug-likeness (QED) is 0.685. The molecular formula is C20H25N5O4S. The summed E-state index contributed by atoms with van der Waals surface area (Å²) < 4.78 is 24.1. The largest absolute Gasteiger partial charge is 0.466 e. The lowest BCUT2D eigenvalue weighted by Crippen LogP contribution is -2.35. The zero-order valence-electron chi connectivity index (χ0n) is 17.0. The Balaban J connectivity index is 1.47. The fourth-order valence-electron chi connectivity index (χ4n) is 4.74. The SMILES string of the molecule is C[C@@H]1Cc2cc3c(c(NC(=O)N=S(N)(=O)c4cnn5c4O[C@](C)(CO)C5)c21)CCC3. The number of fused-ring (bicyclic) bond motifs is 3. The van der Waals surface area contributed by atoms with E-state index in [0.717, 1.165) is 42.5 Å². The number of benzene rings is 1. The van der Waals surface area contributed by atoms with Gasteiger partial charge >= 0.3 is 6.03 Å². The number of aliphatic hydroxyl groups is 1. The zero-order chi connectivity index (χ0) is 21.3. The molecule has 0 bridgehead atoms. The number of anilines is 1. The van der Waals surface area contributed by atoms with Crippen LogP contribution < -0.4 is 15.2 Å². The molecule has 2 aliphatic carbocycles. The Kier molecular flexibility index (Phi) is 4.25. The molecule has 9 nitrogen and oxygen atoms in total. The van der Waals surface area contributed by atoms with Gasteiger partial charge in [-0.1, -0.05) is 13.0 Å². The first-order chi connectivity index (χ1) is 14.2. The number of aromatic nitrogens is 2. The van der Waals surface area contributed by atoms with E-state index in [1.807, 2.05) is 0 Å². The molecule has 1 aliphatic heterocycles. The van der Waals surface area contributed by atoms with Crippen molar-refractivity contribution in [2.75, 3.05) is 11.9 Å². The van der Waals surface area contributed by atoms with Crippen molar-refractivity contribution in [2.45, 2.75) is 62.5 Å². The normalized spacial score (nSPS) is 25.4. The maximum atomic E-state index is 13.1. The highest BCUT2D eigenvalue weighted by atomic mass is 32.2. The number of carbonyl (C=O) groups excluding carboxylic acids is 1. The van der Waals surface area contributed by atoms with E-state index < -0.39 is 21.5 Å². The second-order valence-corrected chi connectivity index (χ2v) is 10.5. The number of amides is 2. The van der Waals surface area contributed by atoms with Crippen molar-refractivity contribution in [1.82, 2.24) is 9.78 Å². The molecule has 1 unspecified atom stereocenters. The van der Waals surface area contributed by atoms with Gasteiger partial charge in [0.25, 0.3) is 0 Å². The zero-order valence-corrected chi connectivity index (χ0v) is 17.8.